The molecule has 3 saturated heterocycles. The number of halogens is 2. The second-order valence-electron chi connectivity index (χ2n) is 6.84. The van der Waals surface area contributed by atoms with Crippen molar-refractivity contribution in [2.45, 2.75) is 19.4 Å². The fraction of sp³-hybridized carbons (Fsp3) is 0.632. The van der Waals surface area contributed by atoms with Gasteiger partial charge in [0.05, 0.1) is 13.7 Å². The lowest BCUT2D eigenvalue weighted by atomic mass is 10.1. The number of methoxy groups -OCH3 is 1. The minimum absolute atomic E-state index is 0. The largest absolute Gasteiger partial charge is 0.497 e. The highest BCUT2D eigenvalue weighted by molar-refractivity contribution is 14.0. The molecule has 3 aliphatic rings. The summed E-state index contributed by atoms with van der Waals surface area (Å²) < 4.78 is 5.20. The number of hydrogen-bond acceptors (Lipinski definition) is 4. The number of fused-ring (bicyclic) bond motifs is 3. The van der Waals surface area contributed by atoms with E-state index >= 15 is 0 Å². The standard InChI is InChI=1S/C19H30ClN5O.HI/c1-3-21-19(23-13-16-14-24-8-10-25(16)11-9-24)22-7-6-15-4-5-17(26-2)12-18(15)20;/h4-5,12,16H,3,6-11,13-14H2,1-2H3,(H2,21,22,23);1H. The predicted octanol–water partition coefficient (Wildman–Crippen LogP) is 2.06. The third-order valence-corrected chi connectivity index (χ3v) is 5.50. The van der Waals surface area contributed by atoms with Crippen LogP contribution in [0.15, 0.2) is 23.2 Å². The Morgan fingerprint density at radius 2 is 2.04 bits per heavy atom. The molecule has 0 aliphatic carbocycles. The van der Waals surface area contributed by atoms with Gasteiger partial charge in [0.1, 0.15) is 5.75 Å². The molecule has 27 heavy (non-hydrogen) atoms. The molecule has 1 atom stereocenters. The van der Waals surface area contributed by atoms with E-state index in [1.165, 1.54) is 26.2 Å². The van der Waals surface area contributed by atoms with E-state index in [9.17, 15) is 0 Å². The monoisotopic (exact) mass is 507 g/mol. The highest BCUT2D eigenvalue weighted by atomic mass is 127. The topological polar surface area (TPSA) is 52.1 Å². The quantitative estimate of drug-likeness (QED) is 0.336. The van der Waals surface area contributed by atoms with Crippen LogP contribution in [-0.4, -0.2) is 81.3 Å². The molecule has 152 valence electrons. The van der Waals surface area contributed by atoms with Crippen LogP contribution in [0, 0.1) is 0 Å². The number of ether oxygens (including phenoxy) is 1. The Labute approximate surface area is 184 Å². The Hall–Kier alpha value is -0.770. The molecule has 0 spiro atoms. The van der Waals surface area contributed by atoms with Gasteiger partial charge in [-0.05, 0) is 31.0 Å². The van der Waals surface area contributed by atoms with E-state index in [1.54, 1.807) is 7.11 Å². The molecule has 0 saturated carbocycles. The van der Waals surface area contributed by atoms with E-state index in [2.05, 4.69) is 27.4 Å². The van der Waals surface area contributed by atoms with E-state index < -0.39 is 0 Å². The summed E-state index contributed by atoms with van der Waals surface area (Å²) in [6.07, 6.45) is 0.844. The highest BCUT2D eigenvalue weighted by Crippen LogP contribution is 2.22. The van der Waals surface area contributed by atoms with Crippen molar-refractivity contribution < 1.29 is 4.74 Å². The van der Waals surface area contributed by atoms with Crippen LogP contribution in [0.5, 0.6) is 5.75 Å². The lowest BCUT2D eigenvalue weighted by molar-refractivity contribution is 0.0174. The first-order valence-electron chi connectivity index (χ1n) is 9.50. The molecule has 1 unspecified atom stereocenters. The summed E-state index contributed by atoms with van der Waals surface area (Å²) in [4.78, 5) is 9.93. The molecule has 4 rings (SSSR count). The molecule has 3 fully saturated rings. The van der Waals surface area contributed by atoms with Crippen molar-refractivity contribution in [3.8, 4) is 5.75 Å². The van der Waals surface area contributed by atoms with Gasteiger partial charge in [-0.1, -0.05) is 17.7 Å². The first-order valence-corrected chi connectivity index (χ1v) is 9.88. The summed E-state index contributed by atoms with van der Waals surface area (Å²) in [5.41, 5.74) is 1.11. The van der Waals surface area contributed by atoms with Crippen LogP contribution in [0.1, 0.15) is 12.5 Å². The van der Waals surface area contributed by atoms with Crippen LogP contribution in [-0.2, 0) is 6.42 Å². The number of guanidine groups is 1. The van der Waals surface area contributed by atoms with E-state index in [0.717, 1.165) is 54.9 Å². The second kappa shape index (κ2) is 11.3. The molecular weight excluding hydrogens is 477 g/mol. The van der Waals surface area contributed by atoms with Crippen LogP contribution in [0.25, 0.3) is 0 Å². The number of benzene rings is 1. The van der Waals surface area contributed by atoms with Crippen molar-refractivity contribution in [3.05, 3.63) is 28.8 Å². The number of hydrogen-bond donors (Lipinski definition) is 2. The fourth-order valence-electron chi connectivity index (χ4n) is 3.61. The maximum atomic E-state index is 6.32. The number of piperazine rings is 3. The molecule has 6 nitrogen and oxygen atoms in total. The number of aliphatic imine (C=N–C) groups is 1. The minimum atomic E-state index is 0. The van der Waals surface area contributed by atoms with Crippen molar-refractivity contribution in [1.29, 1.82) is 0 Å². The van der Waals surface area contributed by atoms with Crippen LogP contribution in [0.3, 0.4) is 0 Å². The van der Waals surface area contributed by atoms with Gasteiger partial charge >= 0.3 is 0 Å². The summed E-state index contributed by atoms with van der Waals surface area (Å²) in [6.45, 7) is 10.5. The van der Waals surface area contributed by atoms with Crippen LogP contribution in [0.2, 0.25) is 5.02 Å². The Kier molecular flexibility index (Phi) is 9.41. The molecule has 1 aromatic rings. The van der Waals surface area contributed by atoms with Gasteiger partial charge in [-0.3, -0.25) is 14.8 Å². The smallest absolute Gasteiger partial charge is 0.191 e. The molecule has 3 aliphatic heterocycles. The number of nitrogens with zero attached hydrogens (tertiary/aromatic N) is 3. The van der Waals surface area contributed by atoms with E-state index in [1.807, 2.05) is 18.2 Å². The molecular formula is C19H31ClIN5O. The van der Waals surface area contributed by atoms with Crippen molar-refractivity contribution in [2.24, 2.45) is 4.99 Å². The molecule has 0 radical (unpaired) electrons. The van der Waals surface area contributed by atoms with Crippen molar-refractivity contribution >= 4 is 41.5 Å². The molecule has 3 heterocycles. The van der Waals surface area contributed by atoms with Crippen LogP contribution < -0.4 is 15.4 Å². The summed E-state index contributed by atoms with van der Waals surface area (Å²) in [5.74, 6) is 1.67. The van der Waals surface area contributed by atoms with Crippen LogP contribution >= 0.6 is 35.6 Å². The van der Waals surface area contributed by atoms with Gasteiger partial charge in [-0.15, -0.1) is 24.0 Å². The lowest BCUT2D eigenvalue weighted by Gasteiger charge is -2.47. The summed E-state index contributed by atoms with van der Waals surface area (Å²) in [7, 11) is 1.65. The third-order valence-electron chi connectivity index (χ3n) is 5.14. The Bertz CT molecular complexity index is 622. The molecule has 1 aromatic carbocycles. The number of rotatable bonds is 7. The zero-order valence-electron chi connectivity index (χ0n) is 16.2. The molecule has 8 heteroatoms. The SMILES string of the molecule is CCNC(=NCC1CN2CCN1CC2)NCCc1ccc(OC)cc1Cl.I. The first kappa shape index (κ1) is 22.5. The number of nitrogens with one attached hydrogen (secondary N) is 2. The summed E-state index contributed by atoms with van der Waals surface area (Å²) in [5, 5.41) is 7.51. The average Bonchev–Trinajstić information content (AvgIpc) is 2.68. The Balaban J connectivity index is 0.00000261. The van der Waals surface area contributed by atoms with Gasteiger partial charge in [0, 0.05) is 56.9 Å². The minimum Gasteiger partial charge on any atom is -0.497 e. The summed E-state index contributed by atoms with van der Waals surface area (Å²) in [6, 6.07) is 6.37. The van der Waals surface area contributed by atoms with Gasteiger partial charge in [0.15, 0.2) is 5.96 Å². The van der Waals surface area contributed by atoms with Crippen molar-refractivity contribution in [2.75, 3.05) is 59.5 Å². The first-order chi connectivity index (χ1) is 12.7. The highest BCUT2D eigenvalue weighted by Gasteiger charge is 2.31. The van der Waals surface area contributed by atoms with E-state index in [4.69, 9.17) is 21.3 Å². The second-order valence-corrected chi connectivity index (χ2v) is 7.25. The zero-order valence-corrected chi connectivity index (χ0v) is 19.3. The zero-order chi connectivity index (χ0) is 18.4. The van der Waals surface area contributed by atoms with Crippen LogP contribution in [0.4, 0.5) is 0 Å². The Morgan fingerprint density at radius 1 is 1.26 bits per heavy atom. The molecule has 0 aromatic heterocycles. The van der Waals surface area contributed by atoms with Gasteiger partial charge in [0.25, 0.3) is 0 Å². The maximum absolute atomic E-state index is 6.32. The van der Waals surface area contributed by atoms with Gasteiger partial charge < -0.3 is 15.4 Å². The third kappa shape index (κ3) is 6.37. The Morgan fingerprint density at radius 3 is 2.63 bits per heavy atom. The van der Waals surface area contributed by atoms with E-state index in [-0.39, 0.29) is 24.0 Å². The van der Waals surface area contributed by atoms with Gasteiger partial charge in [-0.25, -0.2) is 0 Å². The van der Waals surface area contributed by atoms with Crippen molar-refractivity contribution in [1.82, 2.24) is 20.4 Å². The molecule has 2 bridgehead atoms. The average molecular weight is 508 g/mol. The maximum Gasteiger partial charge on any atom is 0.191 e. The molecule has 2 N–H and O–H groups in total. The van der Waals surface area contributed by atoms with Gasteiger partial charge in [0.2, 0.25) is 0 Å². The molecule has 0 amide bonds. The van der Waals surface area contributed by atoms with Gasteiger partial charge in [-0.2, -0.15) is 0 Å². The van der Waals surface area contributed by atoms with Crippen molar-refractivity contribution in [3.63, 3.8) is 0 Å². The van der Waals surface area contributed by atoms with E-state index in [0.29, 0.717) is 6.04 Å². The summed E-state index contributed by atoms with van der Waals surface area (Å²) >= 11 is 6.32. The predicted molar refractivity (Wildman–Crippen MR) is 123 cm³/mol. The normalized spacial score (nSPS) is 24.3. The fourth-order valence-corrected chi connectivity index (χ4v) is 3.87. The lowest BCUT2D eigenvalue weighted by Crippen LogP contribution is -2.62.